The van der Waals surface area contributed by atoms with Crippen LogP contribution in [0, 0.1) is 6.92 Å². The highest BCUT2D eigenvalue weighted by atomic mass is 16.5. The standard InChI is InChI=1S/C19H21N3O4/c1-3-21-18(24)13-5-4-6-15(9-13)22-17(23)11-26-19(25)14-8-7-12(2)16(20)10-14/h4-10H,3,11,20H2,1-2H3,(H,21,24)(H,22,23). The quantitative estimate of drug-likeness (QED) is 0.543. The number of esters is 1. The molecular formula is C19H21N3O4. The lowest BCUT2D eigenvalue weighted by Gasteiger charge is -2.09. The van der Waals surface area contributed by atoms with Gasteiger partial charge in [0.2, 0.25) is 0 Å². The number of amides is 2. The van der Waals surface area contributed by atoms with Crippen LogP contribution in [0.15, 0.2) is 42.5 Å². The summed E-state index contributed by atoms with van der Waals surface area (Å²) in [5.74, 6) is -1.37. The van der Waals surface area contributed by atoms with Crippen LogP contribution in [0.3, 0.4) is 0 Å². The summed E-state index contributed by atoms with van der Waals surface area (Å²) in [5.41, 5.74) is 8.23. The molecule has 7 nitrogen and oxygen atoms in total. The number of anilines is 2. The molecule has 2 aromatic carbocycles. The lowest BCUT2D eigenvalue weighted by atomic mass is 10.1. The van der Waals surface area contributed by atoms with E-state index in [0.29, 0.717) is 23.5 Å². The molecule has 0 aliphatic heterocycles. The van der Waals surface area contributed by atoms with E-state index in [0.717, 1.165) is 5.56 Å². The molecule has 0 saturated heterocycles. The van der Waals surface area contributed by atoms with Crippen molar-refractivity contribution in [2.45, 2.75) is 13.8 Å². The molecule has 2 aromatic rings. The molecule has 0 atom stereocenters. The van der Waals surface area contributed by atoms with Crippen molar-refractivity contribution in [2.75, 3.05) is 24.2 Å². The van der Waals surface area contributed by atoms with Crippen molar-refractivity contribution in [3.05, 3.63) is 59.2 Å². The molecule has 0 saturated carbocycles. The van der Waals surface area contributed by atoms with Gasteiger partial charge in [0, 0.05) is 23.5 Å². The molecule has 136 valence electrons. The number of rotatable bonds is 6. The van der Waals surface area contributed by atoms with Crippen molar-refractivity contribution >= 4 is 29.2 Å². The molecule has 0 aromatic heterocycles. The number of carbonyl (C=O) groups is 3. The fourth-order valence-corrected chi connectivity index (χ4v) is 2.18. The molecule has 0 fully saturated rings. The van der Waals surface area contributed by atoms with Crippen LogP contribution in [-0.2, 0) is 9.53 Å². The van der Waals surface area contributed by atoms with E-state index in [1.807, 2.05) is 13.8 Å². The molecule has 0 radical (unpaired) electrons. The van der Waals surface area contributed by atoms with E-state index in [4.69, 9.17) is 10.5 Å². The van der Waals surface area contributed by atoms with Gasteiger partial charge in [-0.1, -0.05) is 12.1 Å². The van der Waals surface area contributed by atoms with Crippen molar-refractivity contribution in [1.82, 2.24) is 5.32 Å². The predicted octanol–water partition coefficient (Wildman–Crippen LogP) is 2.12. The Balaban J connectivity index is 1.92. The van der Waals surface area contributed by atoms with Gasteiger partial charge in [-0.3, -0.25) is 9.59 Å². The summed E-state index contributed by atoms with van der Waals surface area (Å²) in [6.07, 6.45) is 0. The fourth-order valence-electron chi connectivity index (χ4n) is 2.18. The van der Waals surface area contributed by atoms with Crippen LogP contribution in [0.1, 0.15) is 33.2 Å². The van der Waals surface area contributed by atoms with Gasteiger partial charge in [-0.05, 0) is 49.7 Å². The molecule has 0 heterocycles. The molecule has 0 spiro atoms. The molecule has 0 aliphatic carbocycles. The second-order valence-electron chi connectivity index (χ2n) is 5.64. The second-order valence-corrected chi connectivity index (χ2v) is 5.64. The monoisotopic (exact) mass is 355 g/mol. The molecule has 2 amide bonds. The number of hydrogen-bond acceptors (Lipinski definition) is 5. The Bertz CT molecular complexity index is 833. The van der Waals surface area contributed by atoms with Crippen molar-refractivity contribution in [2.24, 2.45) is 0 Å². The molecule has 7 heteroatoms. The summed E-state index contributed by atoms with van der Waals surface area (Å²) < 4.78 is 4.99. The highest BCUT2D eigenvalue weighted by Crippen LogP contribution is 2.14. The summed E-state index contributed by atoms with van der Waals surface area (Å²) in [6, 6.07) is 11.3. The molecule has 0 unspecified atom stereocenters. The van der Waals surface area contributed by atoms with Gasteiger partial charge in [0.25, 0.3) is 11.8 Å². The van der Waals surface area contributed by atoms with E-state index in [1.54, 1.807) is 36.4 Å². The van der Waals surface area contributed by atoms with Gasteiger partial charge in [0.05, 0.1) is 5.56 Å². The largest absolute Gasteiger partial charge is 0.452 e. The normalized spacial score (nSPS) is 10.1. The topological polar surface area (TPSA) is 111 Å². The first-order valence-corrected chi connectivity index (χ1v) is 8.12. The van der Waals surface area contributed by atoms with Crippen LogP contribution in [0.2, 0.25) is 0 Å². The zero-order valence-electron chi connectivity index (χ0n) is 14.7. The van der Waals surface area contributed by atoms with E-state index in [-0.39, 0.29) is 11.5 Å². The van der Waals surface area contributed by atoms with Gasteiger partial charge < -0.3 is 21.1 Å². The summed E-state index contributed by atoms with van der Waals surface area (Å²) in [6.45, 7) is 3.71. The van der Waals surface area contributed by atoms with E-state index in [1.165, 1.54) is 6.07 Å². The van der Waals surface area contributed by atoms with Crippen LogP contribution in [0.5, 0.6) is 0 Å². The Labute approximate surface area is 151 Å². The summed E-state index contributed by atoms with van der Waals surface area (Å²) in [5, 5.41) is 5.26. The van der Waals surface area contributed by atoms with Crippen molar-refractivity contribution in [3.63, 3.8) is 0 Å². The fraction of sp³-hybridized carbons (Fsp3) is 0.211. The molecule has 2 rings (SSSR count). The van der Waals surface area contributed by atoms with Crippen molar-refractivity contribution in [3.8, 4) is 0 Å². The van der Waals surface area contributed by atoms with E-state index in [9.17, 15) is 14.4 Å². The first-order valence-electron chi connectivity index (χ1n) is 8.12. The zero-order chi connectivity index (χ0) is 19.1. The van der Waals surface area contributed by atoms with Gasteiger partial charge >= 0.3 is 5.97 Å². The maximum Gasteiger partial charge on any atom is 0.338 e. The first kappa shape index (κ1) is 19.0. The average Bonchev–Trinajstić information content (AvgIpc) is 2.62. The number of nitrogens with one attached hydrogen (secondary N) is 2. The zero-order valence-corrected chi connectivity index (χ0v) is 14.7. The SMILES string of the molecule is CCNC(=O)c1cccc(NC(=O)COC(=O)c2ccc(C)c(N)c2)c1. The minimum Gasteiger partial charge on any atom is -0.452 e. The first-order chi connectivity index (χ1) is 12.4. The minimum absolute atomic E-state index is 0.230. The highest BCUT2D eigenvalue weighted by molar-refractivity contribution is 5.98. The van der Waals surface area contributed by atoms with Crippen LogP contribution in [0.4, 0.5) is 11.4 Å². The number of ether oxygens (including phenoxy) is 1. The van der Waals surface area contributed by atoms with Gasteiger partial charge in [0.15, 0.2) is 6.61 Å². The molecule has 0 bridgehead atoms. The predicted molar refractivity (Wildman–Crippen MR) is 99.0 cm³/mol. The number of hydrogen-bond donors (Lipinski definition) is 3. The number of aryl methyl sites for hydroxylation is 1. The van der Waals surface area contributed by atoms with Crippen LogP contribution in [0.25, 0.3) is 0 Å². The Hall–Kier alpha value is -3.35. The third kappa shape index (κ3) is 5.07. The van der Waals surface area contributed by atoms with Crippen LogP contribution >= 0.6 is 0 Å². The lowest BCUT2D eigenvalue weighted by Crippen LogP contribution is -2.23. The van der Waals surface area contributed by atoms with E-state index >= 15 is 0 Å². The van der Waals surface area contributed by atoms with Crippen molar-refractivity contribution in [1.29, 1.82) is 0 Å². The molecule has 0 aliphatic rings. The van der Waals surface area contributed by atoms with E-state index in [2.05, 4.69) is 10.6 Å². The summed E-state index contributed by atoms with van der Waals surface area (Å²) >= 11 is 0. The molecular weight excluding hydrogens is 334 g/mol. The number of nitrogens with two attached hydrogens (primary N) is 1. The van der Waals surface area contributed by atoms with Crippen LogP contribution in [-0.4, -0.2) is 30.9 Å². The highest BCUT2D eigenvalue weighted by Gasteiger charge is 2.12. The van der Waals surface area contributed by atoms with Gasteiger partial charge in [-0.15, -0.1) is 0 Å². The van der Waals surface area contributed by atoms with Crippen LogP contribution < -0.4 is 16.4 Å². The Morgan fingerprint density at radius 2 is 1.85 bits per heavy atom. The summed E-state index contributed by atoms with van der Waals surface area (Å²) in [4.78, 5) is 35.7. The third-order valence-corrected chi connectivity index (χ3v) is 3.60. The lowest BCUT2D eigenvalue weighted by molar-refractivity contribution is -0.119. The van der Waals surface area contributed by atoms with Gasteiger partial charge in [0.1, 0.15) is 0 Å². The maximum absolute atomic E-state index is 12.0. The molecule has 4 N–H and O–H groups in total. The van der Waals surface area contributed by atoms with Crippen molar-refractivity contribution < 1.29 is 19.1 Å². The Morgan fingerprint density at radius 3 is 2.54 bits per heavy atom. The Morgan fingerprint density at radius 1 is 1.08 bits per heavy atom. The molecule has 26 heavy (non-hydrogen) atoms. The third-order valence-electron chi connectivity index (χ3n) is 3.60. The number of benzene rings is 2. The minimum atomic E-state index is -0.636. The summed E-state index contributed by atoms with van der Waals surface area (Å²) in [7, 11) is 0. The second kappa shape index (κ2) is 8.66. The Kier molecular flexibility index (Phi) is 6.32. The number of carbonyl (C=O) groups excluding carboxylic acids is 3. The number of nitrogen functional groups attached to an aromatic ring is 1. The van der Waals surface area contributed by atoms with Gasteiger partial charge in [-0.25, -0.2) is 4.79 Å². The average molecular weight is 355 g/mol. The smallest absolute Gasteiger partial charge is 0.338 e. The van der Waals surface area contributed by atoms with Gasteiger partial charge in [-0.2, -0.15) is 0 Å². The maximum atomic E-state index is 12.0. The van der Waals surface area contributed by atoms with E-state index < -0.39 is 18.5 Å².